The van der Waals surface area contributed by atoms with Gasteiger partial charge in [-0.3, -0.25) is 9.59 Å². The number of β-amino-alcohol motifs (C(OH)–C–C–N with tert-alkyl or cyclic N) is 1. The maximum Gasteiger partial charge on any atom is 0.243 e. The van der Waals surface area contributed by atoms with Crippen molar-refractivity contribution in [3.63, 3.8) is 0 Å². The van der Waals surface area contributed by atoms with Gasteiger partial charge in [0.05, 0.1) is 39.6 Å². The molecule has 61 heavy (non-hydrogen) atoms. The predicted octanol–water partition coefficient (Wildman–Crippen LogP) is 8.50. The fraction of sp³-hybridized carbons (Fsp3) is 0.447. The van der Waals surface area contributed by atoms with Crippen molar-refractivity contribution in [2.45, 2.75) is 109 Å². The summed E-state index contributed by atoms with van der Waals surface area (Å²) in [5.41, 5.74) is 8.39. The summed E-state index contributed by atoms with van der Waals surface area (Å²) in [5, 5.41) is 38.8. The summed E-state index contributed by atoms with van der Waals surface area (Å²) < 4.78 is 5.93. The molecular weight excluding hydrogens is 807 g/mol. The van der Waals surface area contributed by atoms with E-state index in [0.29, 0.717) is 29.0 Å². The lowest BCUT2D eigenvalue weighted by Crippen LogP contribution is -2.48. The summed E-state index contributed by atoms with van der Waals surface area (Å²) in [5.74, 6) is 0.217. The molecule has 6 heterocycles. The summed E-state index contributed by atoms with van der Waals surface area (Å²) in [7, 11) is 0. The van der Waals surface area contributed by atoms with Gasteiger partial charge in [0.1, 0.15) is 28.3 Å². The predicted molar refractivity (Wildman–Crippen MR) is 238 cm³/mol. The number of thiazole rings is 1. The Labute approximate surface area is 364 Å². The number of thiophene rings is 1. The number of hydrogen-bond acceptors (Lipinski definition) is 12. The zero-order chi connectivity index (χ0) is 42.5. The Morgan fingerprint density at radius 3 is 2.41 bits per heavy atom. The molecule has 3 aliphatic rings. The monoisotopic (exact) mass is 859 g/mol. The van der Waals surface area contributed by atoms with Gasteiger partial charge in [0, 0.05) is 46.8 Å². The van der Waals surface area contributed by atoms with Crippen molar-refractivity contribution in [2.24, 2.45) is 5.92 Å². The molecular formula is C47H53N7O5S2. The average molecular weight is 860 g/mol. The first-order valence-corrected chi connectivity index (χ1v) is 23.2. The number of aromatic hydroxyl groups is 1. The fourth-order valence-electron chi connectivity index (χ4n) is 9.66. The molecule has 0 bridgehead atoms. The lowest BCUT2D eigenvalue weighted by atomic mass is 9.76. The number of carbonyl (C=O) groups is 2. The highest BCUT2D eigenvalue weighted by Gasteiger charge is 2.44. The number of aliphatic hydroxyl groups excluding tert-OH is 1. The van der Waals surface area contributed by atoms with E-state index in [4.69, 9.17) is 4.52 Å². The molecule has 2 saturated heterocycles. The maximum atomic E-state index is 14.3. The molecule has 6 aromatic rings. The van der Waals surface area contributed by atoms with Crippen LogP contribution in [0.3, 0.4) is 0 Å². The second-order valence-corrected chi connectivity index (χ2v) is 19.5. The molecule has 3 N–H and O–H groups in total. The molecule has 14 heteroatoms. The van der Waals surface area contributed by atoms with Crippen LogP contribution in [0.1, 0.15) is 110 Å². The first kappa shape index (κ1) is 41.3. The van der Waals surface area contributed by atoms with Crippen LogP contribution >= 0.6 is 22.7 Å². The molecule has 0 radical (unpaired) electrons. The summed E-state index contributed by atoms with van der Waals surface area (Å²) in [4.78, 5) is 40.0. The van der Waals surface area contributed by atoms with Crippen molar-refractivity contribution in [2.75, 3.05) is 19.6 Å². The highest BCUT2D eigenvalue weighted by Crippen LogP contribution is 2.45. The van der Waals surface area contributed by atoms with E-state index in [9.17, 15) is 19.8 Å². The molecule has 2 aromatic carbocycles. The Morgan fingerprint density at radius 1 is 0.951 bits per heavy atom. The molecule has 12 nitrogen and oxygen atoms in total. The Hall–Kier alpha value is -5.02. The van der Waals surface area contributed by atoms with Crippen LogP contribution in [0.5, 0.6) is 5.75 Å². The number of rotatable bonds is 11. The van der Waals surface area contributed by atoms with Gasteiger partial charge in [0.15, 0.2) is 0 Å². The number of piperidine rings is 1. The number of nitrogens with one attached hydrogen (secondary N) is 1. The van der Waals surface area contributed by atoms with Crippen molar-refractivity contribution < 1.29 is 24.3 Å². The quantitative estimate of drug-likeness (QED) is 0.115. The van der Waals surface area contributed by atoms with Crippen LogP contribution in [0.15, 0.2) is 70.7 Å². The van der Waals surface area contributed by atoms with Gasteiger partial charge < -0.3 is 29.9 Å². The SMILES string of the molecule is Cc1ncsc1-c1ccc([C@H](C)NC(=O)[C@@H]2C[C@@H](O)CN2C(=O)[C@H](c2cc(C3CC(N4CCC(c5sc6nnc(-c7ccccc7O)cc6c5C)CC4)C3)no2)C(C)C)cc1. The minimum absolute atomic E-state index is 0.0938. The van der Waals surface area contributed by atoms with E-state index in [0.717, 1.165) is 76.4 Å². The highest BCUT2D eigenvalue weighted by molar-refractivity contribution is 7.19. The van der Waals surface area contributed by atoms with Crippen molar-refractivity contribution in [3.05, 3.63) is 99.3 Å². The molecule has 3 fully saturated rings. The van der Waals surface area contributed by atoms with Gasteiger partial charge in [0.25, 0.3) is 0 Å². The number of aliphatic hydroxyl groups is 1. The number of carbonyl (C=O) groups excluding carboxylic acids is 2. The van der Waals surface area contributed by atoms with Gasteiger partial charge in [0.2, 0.25) is 11.8 Å². The molecule has 4 atom stereocenters. The molecule has 1 saturated carbocycles. The Morgan fingerprint density at radius 2 is 1.70 bits per heavy atom. The number of nitrogens with zero attached hydrogens (tertiary/aromatic N) is 6. The summed E-state index contributed by atoms with van der Waals surface area (Å²) >= 11 is 3.35. The number of phenols is 1. The molecule has 0 spiro atoms. The van der Waals surface area contributed by atoms with E-state index in [1.807, 2.05) is 81.7 Å². The van der Waals surface area contributed by atoms with Crippen LogP contribution < -0.4 is 5.32 Å². The van der Waals surface area contributed by atoms with Crippen molar-refractivity contribution in [1.29, 1.82) is 0 Å². The first-order valence-electron chi connectivity index (χ1n) is 21.5. The maximum absolute atomic E-state index is 14.3. The lowest BCUT2D eigenvalue weighted by Gasteiger charge is -2.45. The zero-order valence-electron chi connectivity index (χ0n) is 35.2. The number of para-hydroxylation sites is 1. The lowest BCUT2D eigenvalue weighted by molar-refractivity contribution is -0.141. The standard InChI is InChI=1S/C47H53N7O5S2/c1-25(2)42(47(58)54-23-34(55)20-39(54)45(57)49-27(4)29-10-12-30(13-11-29)44-28(5)48-24-60-44)41-22-37(52-59-41)32-18-33(19-32)53-16-14-31(15-17-53)43-26(3)36-21-38(50-51-46(36)61-43)35-8-6-7-9-40(35)56/h6-13,21-22,24-25,27,31-34,39,42,55-56H,14-20,23H2,1-5H3,(H,49,57)/t27-,32?,33?,34+,39-,42-/m0/s1. The number of amides is 2. The van der Waals surface area contributed by atoms with Gasteiger partial charge in [-0.2, -0.15) is 0 Å². The normalized spacial score (nSPS) is 22.1. The second-order valence-electron chi connectivity index (χ2n) is 17.6. The second kappa shape index (κ2) is 17.0. The van der Waals surface area contributed by atoms with Crippen LogP contribution in [-0.4, -0.2) is 90.0 Å². The molecule has 0 unspecified atom stereocenters. The third-order valence-corrected chi connectivity index (χ3v) is 15.6. The van der Waals surface area contributed by atoms with Crippen LogP contribution in [0.2, 0.25) is 0 Å². The van der Waals surface area contributed by atoms with E-state index < -0.39 is 18.1 Å². The van der Waals surface area contributed by atoms with Crippen LogP contribution in [0.25, 0.3) is 31.9 Å². The van der Waals surface area contributed by atoms with Gasteiger partial charge in [-0.05, 0) is 106 Å². The molecule has 2 aliphatic heterocycles. The van der Waals surface area contributed by atoms with E-state index in [1.54, 1.807) is 33.6 Å². The number of benzene rings is 2. The zero-order valence-corrected chi connectivity index (χ0v) is 36.9. The Bertz CT molecular complexity index is 2540. The van der Waals surface area contributed by atoms with Crippen molar-refractivity contribution in [1.82, 2.24) is 35.5 Å². The van der Waals surface area contributed by atoms with Crippen LogP contribution in [-0.2, 0) is 9.59 Å². The Kier molecular flexibility index (Phi) is 11.5. The third-order valence-electron chi connectivity index (χ3n) is 13.3. The van der Waals surface area contributed by atoms with Crippen LogP contribution in [0, 0.1) is 19.8 Å². The minimum Gasteiger partial charge on any atom is -0.507 e. The average Bonchev–Trinajstić information content (AvgIpc) is 4.05. The topological polar surface area (TPSA) is 158 Å². The number of phenolic OH excluding ortho intramolecular Hbond substituents is 1. The van der Waals surface area contributed by atoms with E-state index in [1.165, 1.54) is 10.4 Å². The molecule has 318 valence electrons. The van der Waals surface area contributed by atoms with Gasteiger partial charge in [-0.25, -0.2) is 4.98 Å². The number of fused-ring (bicyclic) bond motifs is 1. The van der Waals surface area contributed by atoms with E-state index in [-0.39, 0.29) is 48.4 Å². The molecule has 1 aliphatic carbocycles. The Balaban J connectivity index is 0.797. The molecule has 2 amide bonds. The summed E-state index contributed by atoms with van der Waals surface area (Å²) in [6.45, 7) is 12.2. The largest absolute Gasteiger partial charge is 0.507 e. The molecule has 9 rings (SSSR count). The number of aryl methyl sites for hydroxylation is 2. The minimum atomic E-state index is -0.792. The first-order chi connectivity index (χ1) is 29.4. The van der Waals surface area contributed by atoms with Crippen LogP contribution in [0.4, 0.5) is 0 Å². The van der Waals surface area contributed by atoms with Crippen molar-refractivity contribution in [3.8, 4) is 27.4 Å². The fourth-order valence-corrected chi connectivity index (χ4v) is 11.8. The third kappa shape index (κ3) is 8.11. The van der Waals surface area contributed by atoms with Gasteiger partial charge in [-0.15, -0.1) is 32.9 Å². The summed E-state index contributed by atoms with van der Waals surface area (Å²) in [6.07, 6.45) is 3.56. The smallest absolute Gasteiger partial charge is 0.243 e. The molecule has 4 aromatic heterocycles. The van der Waals surface area contributed by atoms with Gasteiger partial charge in [-0.1, -0.05) is 55.4 Å². The van der Waals surface area contributed by atoms with E-state index >= 15 is 0 Å². The summed E-state index contributed by atoms with van der Waals surface area (Å²) in [6, 6.07) is 18.8. The van der Waals surface area contributed by atoms with E-state index in [2.05, 4.69) is 43.5 Å². The highest BCUT2D eigenvalue weighted by atomic mass is 32.1. The number of aromatic nitrogens is 4. The van der Waals surface area contributed by atoms with Crippen molar-refractivity contribution >= 4 is 44.7 Å². The number of likely N-dealkylation sites (tertiary alicyclic amines) is 2. The number of hydrogen-bond donors (Lipinski definition) is 3. The van der Waals surface area contributed by atoms with Gasteiger partial charge >= 0.3 is 0 Å².